The molecule has 0 radical (unpaired) electrons. The summed E-state index contributed by atoms with van der Waals surface area (Å²) in [6, 6.07) is 5.39. The van der Waals surface area contributed by atoms with Crippen LogP contribution < -0.4 is 10.6 Å². The number of anilines is 1. The molecule has 2 heterocycles. The normalized spacial score (nSPS) is 21.2. The second-order valence-electron chi connectivity index (χ2n) is 4.89. The minimum Gasteiger partial charge on any atom is -0.376 e. The van der Waals surface area contributed by atoms with Gasteiger partial charge < -0.3 is 15.4 Å². The zero-order valence-corrected chi connectivity index (χ0v) is 11.8. The predicted molar refractivity (Wildman–Crippen MR) is 77.1 cm³/mol. The van der Waals surface area contributed by atoms with Gasteiger partial charge in [-0.25, -0.2) is 0 Å². The van der Waals surface area contributed by atoms with Crippen LogP contribution in [-0.4, -0.2) is 36.8 Å². The summed E-state index contributed by atoms with van der Waals surface area (Å²) in [6.07, 6.45) is 2.19. The molecule has 0 aromatic heterocycles. The molecule has 0 saturated carbocycles. The van der Waals surface area contributed by atoms with Gasteiger partial charge in [0.15, 0.2) is 0 Å². The maximum Gasteiger partial charge on any atom is 0.251 e. The number of benzene rings is 1. The third kappa shape index (κ3) is 2.96. The van der Waals surface area contributed by atoms with Crippen molar-refractivity contribution in [3.8, 4) is 0 Å². The minimum absolute atomic E-state index is 0.0283. The van der Waals surface area contributed by atoms with Crippen LogP contribution in [-0.2, 0) is 9.53 Å². The van der Waals surface area contributed by atoms with Gasteiger partial charge in [0.05, 0.1) is 17.5 Å². The summed E-state index contributed by atoms with van der Waals surface area (Å²) in [5, 5.41) is 5.66. The van der Waals surface area contributed by atoms with Crippen molar-refractivity contribution in [3.63, 3.8) is 0 Å². The summed E-state index contributed by atoms with van der Waals surface area (Å²) in [6.45, 7) is 1.32. The van der Waals surface area contributed by atoms with Crippen LogP contribution in [0.5, 0.6) is 0 Å². The largest absolute Gasteiger partial charge is 0.376 e. The fraction of sp³-hybridized carbons (Fsp3) is 0.429. The summed E-state index contributed by atoms with van der Waals surface area (Å²) < 4.78 is 5.47. The van der Waals surface area contributed by atoms with Gasteiger partial charge in [0.1, 0.15) is 0 Å². The number of hydrogen-bond acceptors (Lipinski definition) is 4. The van der Waals surface area contributed by atoms with Gasteiger partial charge in [-0.05, 0) is 31.0 Å². The van der Waals surface area contributed by atoms with E-state index in [0.717, 1.165) is 30.0 Å². The van der Waals surface area contributed by atoms with Crippen molar-refractivity contribution in [3.05, 3.63) is 23.8 Å². The van der Waals surface area contributed by atoms with E-state index in [2.05, 4.69) is 10.6 Å². The van der Waals surface area contributed by atoms with E-state index in [9.17, 15) is 9.59 Å². The lowest BCUT2D eigenvalue weighted by molar-refractivity contribution is -0.113. The quantitative estimate of drug-likeness (QED) is 0.889. The molecule has 1 fully saturated rings. The molecule has 5 nitrogen and oxygen atoms in total. The summed E-state index contributed by atoms with van der Waals surface area (Å²) in [4.78, 5) is 24.4. The van der Waals surface area contributed by atoms with Gasteiger partial charge in [-0.1, -0.05) is 0 Å². The molecule has 20 heavy (non-hydrogen) atoms. The van der Waals surface area contributed by atoms with Gasteiger partial charge >= 0.3 is 0 Å². The molecule has 2 amide bonds. The van der Waals surface area contributed by atoms with Crippen molar-refractivity contribution in [1.82, 2.24) is 5.32 Å². The Bertz CT molecular complexity index is 541. The molecule has 0 bridgehead atoms. The average Bonchev–Trinajstić information content (AvgIpc) is 2.97. The number of fused-ring (bicyclic) bond motifs is 1. The molecule has 2 aliphatic heterocycles. The lowest BCUT2D eigenvalue weighted by Gasteiger charge is -2.17. The maximum absolute atomic E-state index is 12.1. The zero-order valence-electron chi connectivity index (χ0n) is 11.0. The number of ether oxygens (including phenoxy) is 1. The number of hydrogen-bond donors (Lipinski definition) is 2. The number of nitrogens with one attached hydrogen (secondary N) is 2. The van der Waals surface area contributed by atoms with Crippen LogP contribution in [0.2, 0.25) is 0 Å². The van der Waals surface area contributed by atoms with Crippen molar-refractivity contribution in [2.75, 3.05) is 24.2 Å². The van der Waals surface area contributed by atoms with E-state index >= 15 is 0 Å². The van der Waals surface area contributed by atoms with Gasteiger partial charge in [-0.15, -0.1) is 11.8 Å². The van der Waals surface area contributed by atoms with Crippen molar-refractivity contribution < 1.29 is 14.3 Å². The molecular formula is C14H16N2O3S. The number of carbonyl (C=O) groups is 2. The second-order valence-corrected chi connectivity index (χ2v) is 5.91. The molecule has 2 N–H and O–H groups in total. The molecule has 1 aromatic rings. The Balaban J connectivity index is 1.65. The van der Waals surface area contributed by atoms with Crippen LogP contribution >= 0.6 is 11.8 Å². The van der Waals surface area contributed by atoms with E-state index in [-0.39, 0.29) is 17.9 Å². The Hall–Kier alpha value is -1.53. The Labute approximate surface area is 121 Å². The van der Waals surface area contributed by atoms with Gasteiger partial charge in [-0.2, -0.15) is 0 Å². The lowest BCUT2D eigenvalue weighted by atomic mass is 10.1. The van der Waals surface area contributed by atoms with E-state index in [1.54, 1.807) is 12.1 Å². The van der Waals surface area contributed by atoms with Gasteiger partial charge in [-0.3, -0.25) is 9.59 Å². The van der Waals surface area contributed by atoms with Crippen molar-refractivity contribution in [2.24, 2.45) is 0 Å². The predicted octanol–water partition coefficient (Wildman–Crippen LogP) is 1.64. The molecule has 106 valence electrons. The number of thioether (sulfide) groups is 1. The highest BCUT2D eigenvalue weighted by atomic mass is 32.2. The molecule has 2 aliphatic rings. The maximum atomic E-state index is 12.1. The molecule has 1 unspecified atom stereocenters. The minimum atomic E-state index is -0.131. The highest BCUT2D eigenvalue weighted by Gasteiger charge is 2.19. The van der Waals surface area contributed by atoms with Crippen molar-refractivity contribution in [2.45, 2.75) is 23.8 Å². The zero-order chi connectivity index (χ0) is 13.9. The monoisotopic (exact) mass is 292 g/mol. The Morgan fingerprint density at radius 2 is 2.40 bits per heavy atom. The molecule has 6 heteroatoms. The van der Waals surface area contributed by atoms with Gasteiger partial charge in [0.2, 0.25) is 5.91 Å². The molecule has 0 spiro atoms. The topological polar surface area (TPSA) is 67.4 Å². The Morgan fingerprint density at radius 3 is 3.20 bits per heavy atom. The van der Waals surface area contributed by atoms with E-state index in [0.29, 0.717) is 17.9 Å². The van der Waals surface area contributed by atoms with E-state index in [1.165, 1.54) is 11.8 Å². The second kappa shape index (κ2) is 5.85. The summed E-state index contributed by atoms with van der Waals surface area (Å²) in [5.74, 6) is 0.268. The van der Waals surface area contributed by atoms with Crippen LogP contribution in [0.1, 0.15) is 23.2 Å². The summed E-state index contributed by atoms with van der Waals surface area (Å²) in [5.41, 5.74) is 1.28. The third-order valence-electron chi connectivity index (χ3n) is 3.39. The van der Waals surface area contributed by atoms with Crippen LogP contribution in [0, 0.1) is 0 Å². The number of carbonyl (C=O) groups excluding carboxylic acids is 2. The molecule has 0 aliphatic carbocycles. The van der Waals surface area contributed by atoms with Crippen molar-refractivity contribution >= 4 is 29.3 Å². The SMILES string of the molecule is O=C1CSc2ccc(C(=O)NCC3CCCO3)cc2N1. The van der Waals surface area contributed by atoms with E-state index in [1.807, 2.05) is 6.07 Å². The first-order chi connectivity index (χ1) is 9.72. The average molecular weight is 292 g/mol. The van der Waals surface area contributed by atoms with E-state index < -0.39 is 0 Å². The van der Waals surface area contributed by atoms with E-state index in [4.69, 9.17) is 4.74 Å². The molecule has 3 rings (SSSR count). The van der Waals surface area contributed by atoms with Crippen molar-refractivity contribution in [1.29, 1.82) is 0 Å². The standard InChI is InChI=1S/C14H16N2O3S/c17-13-8-20-12-4-3-9(6-11(12)16-13)14(18)15-7-10-2-1-5-19-10/h3-4,6,10H,1-2,5,7-8H2,(H,15,18)(H,16,17). The molecular weight excluding hydrogens is 276 g/mol. The fourth-order valence-electron chi connectivity index (χ4n) is 2.34. The fourth-order valence-corrected chi connectivity index (χ4v) is 3.13. The molecule has 1 atom stereocenters. The third-order valence-corrected chi connectivity index (χ3v) is 4.46. The molecule has 1 saturated heterocycles. The first-order valence-electron chi connectivity index (χ1n) is 6.69. The van der Waals surface area contributed by atoms with Gasteiger partial charge in [0.25, 0.3) is 5.91 Å². The smallest absolute Gasteiger partial charge is 0.251 e. The highest BCUT2D eigenvalue weighted by Crippen LogP contribution is 2.31. The van der Waals surface area contributed by atoms with Crippen LogP contribution in [0.15, 0.2) is 23.1 Å². The molecule has 1 aromatic carbocycles. The Morgan fingerprint density at radius 1 is 1.50 bits per heavy atom. The highest BCUT2D eigenvalue weighted by molar-refractivity contribution is 8.00. The van der Waals surface area contributed by atoms with Crippen LogP contribution in [0.4, 0.5) is 5.69 Å². The lowest BCUT2D eigenvalue weighted by Crippen LogP contribution is -2.31. The number of amides is 2. The Kier molecular flexibility index (Phi) is 3.93. The first-order valence-corrected chi connectivity index (χ1v) is 7.67. The first kappa shape index (κ1) is 13.5. The summed E-state index contributed by atoms with van der Waals surface area (Å²) >= 11 is 1.49. The van der Waals surface area contributed by atoms with Gasteiger partial charge in [0, 0.05) is 23.6 Å². The van der Waals surface area contributed by atoms with Crippen LogP contribution in [0.25, 0.3) is 0 Å². The van der Waals surface area contributed by atoms with Crippen LogP contribution in [0.3, 0.4) is 0 Å². The summed E-state index contributed by atoms with van der Waals surface area (Å²) in [7, 11) is 0. The number of rotatable bonds is 3.